The molecular formula is C45H28N4O. The van der Waals surface area contributed by atoms with E-state index in [0.29, 0.717) is 45.5 Å². The average molecular weight is 647 g/mol. The Kier molecular flexibility index (Phi) is 5.17. The highest BCUT2D eigenvalue weighted by Gasteiger charge is 2.24. The molecule has 50 heavy (non-hydrogen) atoms. The molecule has 234 valence electrons. The second-order valence-corrected chi connectivity index (χ2v) is 11.9. The Morgan fingerprint density at radius 3 is 1.66 bits per heavy atom. The molecule has 0 bridgehead atoms. The van der Waals surface area contributed by atoms with Gasteiger partial charge in [-0.2, -0.15) is 0 Å². The molecule has 5 heteroatoms. The molecule has 7 aromatic carbocycles. The van der Waals surface area contributed by atoms with Crippen LogP contribution in [-0.4, -0.2) is 19.5 Å². The predicted molar refractivity (Wildman–Crippen MR) is 203 cm³/mol. The van der Waals surface area contributed by atoms with Crippen molar-refractivity contribution in [1.82, 2.24) is 19.5 Å². The molecule has 0 spiro atoms. The van der Waals surface area contributed by atoms with Gasteiger partial charge in [-0.15, -0.1) is 0 Å². The third-order valence-electron chi connectivity index (χ3n) is 9.02. The average Bonchev–Trinajstić information content (AvgIpc) is 3.80. The van der Waals surface area contributed by atoms with Crippen molar-refractivity contribution in [2.24, 2.45) is 0 Å². The van der Waals surface area contributed by atoms with E-state index in [-0.39, 0.29) is 58.1 Å². The number of fused-ring (bicyclic) bond motifs is 6. The van der Waals surface area contributed by atoms with Crippen LogP contribution in [0.4, 0.5) is 0 Å². The van der Waals surface area contributed by atoms with Gasteiger partial charge in [0, 0.05) is 49.4 Å². The van der Waals surface area contributed by atoms with Crippen molar-refractivity contribution < 1.29 is 12.6 Å². The largest absolute Gasteiger partial charge is 0.455 e. The first-order chi connectivity index (χ1) is 27.3. The van der Waals surface area contributed by atoms with Gasteiger partial charge in [0.1, 0.15) is 11.2 Å². The normalized spacial score (nSPS) is 13.3. The molecule has 3 heterocycles. The second kappa shape index (κ2) is 11.4. The van der Waals surface area contributed by atoms with Crippen LogP contribution >= 0.6 is 0 Å². The Bertz CT molecular complexity index is 3090. The van der Waals surface area contributed by atoms with Crippen molar-refractivity contribution in [2.45, 2.75) is 0 Å². The minimum Gasteiger partial charge on any atom is -0.455 e. The van der Waals surface area contributed by atoms with E-state index in [1.54, 1.807) is 4.57 Å². The van der Waals surface area contributed by atoms with Crippen LogP contribution in [0.3, 0.4) is 0 Å². The van der Waals surface area contributed by atoms with Crippen LogP contribution in [0.5, 0.6) is 0 Å². The standard InChI is InChI=1S/C45H28N4O/c1-3-15-29(16-4-1)43-46-44(30-17-5-2-6-18-30)48-45(47-43)37-25-13-22-34(36-24-14-23-35-33-21-9-12-28-40(33)50-42(35)36)41(37)49-38-26-10-7-19-31(38)32-20-8-11-27-39(32)49/h1-28H/i7D,8D,19D,20D,26D,27D. The summed E-state index contributed by atoms with van der Waals surface area (Å²) >= 11 is 0. The molecule has 10 rings (SSSR count). The molecule has 0 aliphatic heterocycles. The minimum absolute atomic E-state index is 0.0733. The summed E-state index contributed by atoms with van der Waals surface area (Å²) in [5.74, 6) is 1.19. The molecular weight excluding hydrogens is 613 g/mol. The lowest BCUT2D eigenvalue weighted by Crippen LogP contribution is -2.05. The van der Waals surface area contributed by atoms with Crippen LogP contribution in [0.15, 0.2) is 174 Å². The van der Waals surface area contributed by atoms with Crippen molar-refractivity contribution in [3.8, 4) is 51.0 Å². The maximum atomic E-state index is 9.31. The molecule has 0 saturated heterocycles. The maximum absolute atomic E-state index is 9.31. The molecule has 0 aliphatic carbocycles. The maximum Gasteiger partial charge on any atom is 0.166 e. The summed E-state index contributed by atoms with van der Waals surface area (Å²) in [5, 5.41) is 2.15. The second-order valence-electron chi connectivity index (χ2n) is 11.9. The third-order valence-corrected chi connectivity index (χ3v) is 9.02. The molecule has 5 nitrogen and oxygen atoms in total. The van der Waals surface area contributed by atoms with E-state index in [9.17, 15) is 2.74 Å². The van der Waals surface area contributed by atoms with Gasteiger partial charge in [0.25, 0.3) is 0 Å². The van der Waals surface area contributed by atoms with Crippen molar-refractivity contribution in [1.29, 1.82) is 0 Å². The number of nitrogens with zero attached hydrogens (tertiary/aromatic N) is 4. The van der Waals surface area contributed by atoms with E-state index in [0.717, 1.165) is 27.5 Å². The van der Waals surface area contributed by atoms with E-state index >= 15 is 0 Å². The summed E-state index contributed by atoms with van der Waals surface area (Å²) in [6.07, 6.45) is 0. The number of rotatable bonds is 5. The van der Waals surface area contributed by atoms with Crippen molar-refractivity contribution in [3.63, 3.8) is 0 Å². The highest BCUT2D eigenvalue weighted by Crippen LogP contribution is 2.44. The molecule has 0 amide bonds. The van der Waals surface area contributed by atoms with Gasteiger partial charge in [0.15, 0.2) is 17.5 Å². The van der Waals surface area contributed by atoms with Gasteiger partial charge < -0.3 is 8.98 Å². The number of para-hydroxylation sites is 5. The summed E-state index contributed by atoms with van der Waals surface area (Å²) < 4.78 is 62.3. The zero-order valence-corrected chi connectivity index (χ0v) is 26.4. The number of furan rings is 1. The summed E-state index contributed by atoms with van der Waals surface area (Å²) in [6.45, 7) is 0. The number of hydrogen-bond acceptors (Lipinski definition) is 4. The molecule has 0 N–H and O–H groups in total. The highest BCUT2D eigenvalue weighted by atomic mass is 16.3. The molecule has 0 fully saturated rings. The molecule has 0 saturated carbocycles. The van der Waals surface area contributed by atoms with Crippen LogP contribution in [0.2, 0.25) is 0 Å². The molecule has 0 radical (unpaired) electrons. The van der Waals surface area contributed by atoms with Crippen LogP contribution < -0.4 is 0 Å². The number of benzene rings is 7. The monoisotopic (exact) mass is 646 g/mol. The number of hydrogen-bond donors (Lipinski definition) is 0. The molecule has 0 aliphatic rings. The lowest BCUT2D eigenvalue weighted by atomic mass is 9.97. The number of aromatic nitrogens is 4. The first-order valence-corrected chi connectivity index (χ1v) is 16.2. The fourth-order valence-electron chi connectivity index (χ4n) is 6.81. The van der Waals surface area contributed by atoms with E-state index in [1.807, 2.05) is 121 Å². The Morgan fingerprint density at radius 1 is 0.440 bits per heavy atom. The first kappa shape index (κ1) is 22.7. The van der Waals surface area contributed by atoms with E-state index < -0.39 is 0 Å². The van der Waals surface area contributed by atoms with Crippen LogP contribution in [-0.2, 0) is 0 Å². The van der Waals surface area contributed by atoms with Crippen LogP contribution in [0.25, 0.3) is 94.7 Å². The molecule has 0 atom stereocenters. The van der Waals surface area contributed by atoms with E-state index in [4.69, 9.17) is 24.9 Å². The van der Waals surface area contributed by atoms with Gasteiger partial charge in [-0.1, -0.05) is 145 Å². The fourth-order valence-corrected chi connectivity index (χ4v) is 6.81. The minimum atomic E-state index is -0.199. The van der Waals surface area contributed by atoms with Gasteiger partial charge in [-0.05, 0) is 24.2 Å². The summed E-state index contributed by atoms with van der Waals surface area (Å²) in [6, 6.07) is 40.4. The lowest BCUT2D eigenvalue weighted by Gasteiger charge is -2.19. The third kappa shape index (κ3) is 4.45. The summed E-state index contributed by atoms with van der Waals surface area (Å²) in [4.78, 5) is 15.1. The Balaban J connectivity index is 1.41. The van der Waals surface area contributed by atoms with Gasteiger partial charge in [-0.25, -0.2) is 15.0 Å². The Labute approximate surface area is 296 Å². The van der Waals surface area contributed by atoms with Crippen LogP contribution in [0, 0.1) is 0 Å². The summed E-state index contributed by atoms with van der Waals surface area (Å²) in [7, 11) is 0. The van der Waals surface area contributed by atoms with E-state index in [1.165, 1.54) is 12.1 Å². The smallest absolute Gasteiger partial charge is 0.166 e. The van der Waals surface area contributed by atoms with Crippen molar-refractivity contribution >= 4 is 43.7 Å². The SMILES string of the molecule is [2H]c1cc([2H])c2c(c1[2H])c1c([2H])c([2H])cc([2H])c1n2-c1c(-c2nc(-c3ccccc3)nc(-c3ccccc3)n2)cccc1-c1cccc2c1oc1ccccc12. The van der Waals surface area contributed by atoms with Gasteiger partial charge >= 0.3 is 0 Å². The predicted octanol–water partition coefficient (Wildman–Crippen LogP) is 11.5. The first-order valence-electron chi connectivity index (χ1n) is 19.2. The zero-order valence-electron chi connectivity index (χ0n) is 32.4. The van der Waals surface area contributed by atoms with Gasteiger partial charge in [0.05, 0.1) is 24.9 Å². The zero-order chi connectivity index (χ0) is 38.2. The van der Waals surface area contributed by atoms with Crippen LogP contribution in [0.1, 0.15) is 8.22 Å². The highest BCUT2D eigenvalue weighted by molar-refractivity contribution is 6.13. The van der Waals surface area contributed by atoms with Gasteiger partial charge in [0.2, 0.25) is 0 Å². The summed E-state index contributed by atoms with van der Waals surface area (Å²) in [5.41, 5.74) is 5.70. The molecule has 0 unspecified atom stereocenters. The molecule has 3 aromatic heterocycles. The molecule has 10 aromatic rings. The fraction of sp³-hybridized carbons (Fsp3) is 0. The van der Waals surface area contributed by atoms with Crippen molar-refractivity contribution in [2.75, 3.05) is 0 Å². The topological polar surface area (TPSA) is 56.7 Å². The van der Waals surface area contributed by atoms with E-state index in [2.05, 4.69) is 0 Å². The Hall–Kier alpha value is -6.85. The lowest BCUT2D eigenvalue weighted by molar-refractivity contribution is 0.670. The quantitative estimate of drug-likeness (QED) is 0.187. The van der Waals surface area contributed by atoms with Gasteiger partial charge in [-0.3, -0.25) is 0 Å². The van der Waals surface area contributed by atoms with Crippen molar-refractivity contribution in [3.05, 3.63) is 170 Å². The Morgan fingerprint density at radius 2 is 0.980 bits per heavy atom.